The SMILES string of the molecule is NNONCOCCCCCCCCCO. The van der Waals surface area contributed by atoms with Crippen LogP contribution in [0.4, 0.5) is 0 Å². The molecule has 0 aliphatic carbocycles. The molecule has 0 atom stereocenters. The third-order valence-corrected chi connectivity index (χ3v) is 2.24. The van der Waals surface area contributed by atoms with Crippen molar-refractivity contribution < 1.29 is 14.8 Å². The second-order valence-electron chi connectivity index (χ2n) is 3.62. The normalized spacial score (nSPS) is 10.9. The van der Waals surface area contributed by atoms with Crippen LogP contribution in [0, 0.1) is 0 Å². The number of ether oxygens (including phenoxy) is 1. The van der Waals surface area contributed by atoms with Gasteiger partial charge in [0, 0.05) is 13.2 Å². The standard InChI is InChI=1S/C10H25N3O3/c11-13-16-12-10-15-9-7-5-3-1-2-4-6-8-14/h12-14H,1-11H2. The molecule has 0 spiro atoms. The summed E-state index contributed by atoms with van der Waals surface area (Å²) >= 11 is 0. The molecule has 0 fully saturated rings. The maximum atomic E-state index is 8.58. The minimum atomic E-state index is 0.320. The predicted octanol–water partition coefficient (Wildman–Crippen LogP) is 0.583. The minimum absolute atomic E-state index is 0.320. The number of aliphatic hydroxyl groups is 1. The van der Waals surface area contributed by atoms with Gasteiger partial charge in [-0.15, -0.1) is 5.59 Å². The molecule has 0 unspecified atom stereocenters. The molecule has 0 aliphatic heterocycles. The van der Waals surface area contributed by atoms with E-state index in [1.807, 2.05) is 5.59 Å². The molecule has 16 heavy (non-hydrogen) atoms. The zero-order valence-corrected chi connectivity index (χ0v) is 9.91. The van der Waals surface area contributed by atoms with Gasteiger partial charge in [-0.3, -0.25) is 0 Å². The third kappa shape index (κ3) is 13.8. The van der Waals surface area contributed by atoms with Crippen molar-refractivity contribution in [1.82, 2.24) is 11.1 Å². The van der Waals surface area contributed by atoms with E-state index in [0.717, 1.165) is 25.9 Å². The summed E-state index contributed by atoms with van der Waals surface area (Å²) in [6.07, 6.45) is 8.04. The van der Waals surface area contributed by atoms with Crippen LogP contribution < -0.4 is 16.9 Å². The quantitative estimate of drug-likeness (QED) is 0.162. The fraction of sp³-hybridized carbons (Fsp3) is 1.00. The lowest BCUT2D eigenvalue weighted by atomic mass is 10.1. The second-order valence-corrected chi connectivity index (χ2v) is 3.62. The van der Waals surface area contributed by atoms with Crippen LogP contribution in [0.25, 0.3) is 0 Å². The summed E-state index contributed by atoms with van der Waals surface area (Å²) < 4.78 is 5.22. The summed E-state index contributed by atoms with van der Waals surface area (Å²) in [5.74, 6) is 4.85. The van der Waals surface area contributed by atoms with Crippen LogP contribution in [-0.4, -0.2) is 25.1 Å². The van der Waals surface area contributed by atoms with Crippen molar-refractivity contribution in [2.24, 2.45) is 5.84 Å². The number of hydroxylamine groups is 1. The zero-order chi connectivity index (χ0) is 11.9. The highest BCUT2D eigenvalue weighted by Crippen LogP contribution is 2.06. The van der Waals surface area contributed by atoms with Crippen LogP contribution in [0.5, 0.6) is 0 Å². The molecule has 0 aliphatic rings. The average molecular weight is 235 g/mol. The number of hydrogen-bond acceptors (Lipinski definition) is 6. The first kappa shape index (κ1) is 15.8. The smallest absolute Gasteiger partial charge is 0.121 e. The van der Waals surface area contributed by atoms with E-state index in [0.29, 0.717) is 13.3 Å². The number of aliphatic hydroxyl groups excluding tert-OH is 1. The van der Waals surface area contributed by atoms with Gasteiger partial charge in [-0.1, -0.05) is 32.1 Å². The Morgan fingerprint density at radius 3 is 2.19 bits per heavy atom. The molecule has 5 N–H and O–H groups in total. The number of hydrogen-bond donors (Lipinski definition) is 4. The van der Waals surface area contributed by atoms with E-state index in [1.54, 1.807) is 0 Å². The number of nitrogens with two attached hydrogens (primary N) is 1. The molecule has 0 radical (unpaired) electrons. The maximum Gasteiger partial charge on any atom is 0.121 e. The Bertz CT molecular complexity index is 114. The highest BCUT2D eigenvalue weighted by Gasteiger charge is 1.92. The molecule has 0 bridgehead atoms. The first-order valence-electron chi connectivity index (χ1n) is 5.94. The summed E-state index contributed by atoms with van der Waals surface area (Å²) in [4.78, 5) is 4.45. The molecule has 0 saturated heterocycles. The highest BCUT2D eigenvalue weighted by atomic mass is 16.8. The Kier molecular flexibility index (Phi) is 14.5. The number of unbranched alkanes of at least 4 members (excludes halogenated alkanes) is 6. The van der Waals surface area contributed by atoms with Crippen molar-refractivity contribution in [2.45, 2.75) is 44.9 Å². The molecule has 98 valence electrons. The van der Waals surface area contributed by atoms with Gasteiger partial charge in [0.2, 0.25) is 0 Å². The van der Waals surface area contributed by atoms with Crippen molar-refractivity contribution >= 4 is 0 Å². The molecule has 6 heteroatoms. The van der Waals surface area contributed by atoms with Crippen molar-refractivity contribution in [2.75, 3.05) is 19.9 Å². The number of hydrazine groups is 1. The van der Waals surface area contributed by atoms with E-state index in [-0.39, 0.29) is 0 Å². The largest absolute Gasteiger partial charge is 0.396 e. The molecule has 0 aromatic rings. The fourth-order valence-electron chi connectivity index (χ4n) is 1.38. The molecule has 0 aromatic carbocycles. The summed E-state index contributed by atoms with van der Waals surface area (Å²) in [5.41, 5.74) is 4.47. The van der Waals surface area contributed by atoms with Gasteiger partial charge in [0.25, 0.3) is 0 Å². The van der Waals surface area contributed by atoms with E-state index >= 15 is 0 Å². The van der Waals surface area contributed by atoms with Gasteiger partial charge in [0.1, 0.15) is 6.73 Å². The van der Waals surface area contributed by atoms with Crippen LogP contribution >= 0.6 is 0 Å². The topological polar surface area (TPSA) is 88.8 Å². The molecule has 6 nitrogen and oxygen atoms in total. The molecule has 0 aromatic heterocycles. The van der Waals surface area contributed by atoms with Crippen molar-refractivity contribution in [3.63, 3.8) is 0 Å². The predicted molar refractivity (Wildman–Crippen MR) is 61.8 cm³/mol. The summed E-state index contributed by atoms with van der Waals surface area (Å²) in [6.45, 7) is 1.39. The monoisotopic (exact) mass is 235 g/mol. The van der Waals surface area contributed by atoms with Crippen LogP contribution in [0.1, 0.15) is 44.9 Å². The van der Waals surface area contributed by atoms with Crippen LogP contribution in [-0.2, 0) is 9.68 Å². The fourth-order valence-corrected chi connectivity index (χ4v) is 1.38. The Morgan fingerprint density at radius 2 is 1.56 bits per heavy atom. The van der Waals surface area contributed by atoms with Crippen molar-refractivity contribution in [3.05, 3.63) is 0 Å². The van der Waals surface area contributed by atoms with Crippen LogP contribution in [0.15, 0.2) is 0 Å². The van der Waals surface area contributed by atoms with E-state index in [1.165, 1.54) is 25.7 Å². The van der Waals surface area contributed by atoms with Gasteiger partial charge in [-0.2, -0.15) is 10.4 Å². The lowest BCUT2D eigenvalue weighted by molar-refractivity contribution is -0.0862. The van der Waals surface area contributed by atoms with Crippen LogP contribution in [0.3, 0.4) is 0 Å². The van der Waals surface area contributed by atoms with Gasteiger partial charge in [-0.05, 0) is 12.8 Å². The van der Waals surface area contributed by atoms with Gasteiger partial charge in [-0.25, -0.2) is 5.84 Å². The molecule has 0 rings (SSSR count). The Hall–Kier alpha value is -0.240. The molecule has 0 amide bonds. The van der Waals surface area contributed by atoms with E-state index in [4.69, 9.17) is 15.7 Å². The lowest BCUT2D eigenvalue weighted by Gasteiger charge is -2.05. The maximum absolute atomic E-state index is 8.58. The first-order chi connectivity index (χ1) is 7.91. The minimum Gasteiger partial charge on any atom is -0.396 e. The summed E-state index contributed by atoms with van der Waals surface area (Å²) in [6, 6.07) is 0. The Morgan fingerprint density at radius 1 is 0.938 bits per heavy atom. The van der Waals surface area contributed by atoms with Crippen molar-refractivity contribution in [1.29, 1.82) is 0 Å². The number of rotatable bonds is 13. The second kappa shape index (κ2) is 14.8. The van der Waals surface area contributed by atoms with Gasteiger partial charge >= 0.3 is 0 Å². The number of nitrogens with one attached hydrogen (secondary N) is 2. The van der Waals surface area contributed by atoms with Gasteiger partial charge in [0.05, 0.1) is 0 Å². The lowest BCUT2D eigenvalue weighted by Crippen LogP contribution is -2.32. The Balaban J connectivity index is 2.83. The zero-order valence-electron chi connectivity index (χ0n) is 9.91. The van der Waals surface area contributed by atoms with Crippen molar-refractivity contribution in [3.8, 4) is 0 Å². The van der Waals surface area contributed by atoms with Gasteiger partial charge in [0.15, 0.2) is 0 Å². The van der Waals surface area contributed by atoms with E-state index in [9.17, 15) is 0 Å². The molecular weight excluding hydrogens is 210 g/mol. The summed E-state index contributed by atoms with van der Waals surface area (Å²) in [5, 5.41) is 8.58. The molecule has 0 saturated carbocycles. The average Bonchev–Trinajstić information content (AvgIpc) is 2.31. The van der Waals surface area contributed by atoms with Crippen LogP contribution in [0.2, 0.25) is 0 Å². The highest BCUT2D eigenvalue weighted by molar-refractivity contribution is 4.45. The first-order valence-corrected chi connectivity index (χ1v) is 5.94. The van der Waals surface area contributed by atoms with E-state index < -0.39 is 0 Å². The molecular formula is C10H25N3O3. The summed E-state index contributed by atoms with van der Waals surface area (Å²) in [7, 11) is 0. The Labute approximate surface area is 97.4 Å². The molecule has 0 heterocycles. The van der Waals surface area contributed by atoms with Gasteiger partial charge < -0.3 is 9.84 Å². The van der Waals surface area contributed by atoms with E-state index in [2.05, 4.69) is 10.4 Å². The third-order valence-electron chi connectivity index (χ3n) is 2.24.